The van der Waals surface area contributed by atoms with Crippen molar-refractivity contribution in [1.82, 2.24) is 4.98 Å². The molecule has 1 rings (SSSR count). The van der Waals surface area contributed by atoms with Crippen molar-refractivity contribution in [3.05, 3.63) is 23.9 Å². The lowest BCUT2D eigenvalue weighted by atomic mass is 9.88. The second-order valence-electron chi connectivity index (χ2n) is 5.21. The van der Waals surface area contributed by atoms with Crippen LogP contribution in [0.3, 0.4) is 0 Å². The molecule has 0 aliphatic rings. The number of anilines is 1. The van der Waals surface area contributed by atoms with Crippen LogP contribution in [0, 0.1) is 5.41 Å². The third-order valence-electron chi connectivity index (χ3n) is 2.80. The van der Waals surface area contributed by atoms with Crippen LogP contribution in [0.25, 0.3) is 0 Å². The molecular weight excluding hydrogens is 216 g/mol. The number of nitrogens with zero attached hydrogens (tertiary/aromatic N) is 1. The minimum atomic E-state index is 0.247. The predicted octanol–water partition coefficient (Wildman–Crippen LogP) is 3.79. The molecule has 0 fully saturated rings. The molecule has 1 heterocycles. The van der Waals surface area contributed by atoms with E-state index in [0.717, 1.165) is 11.6 Å². The number of hydrogen-bond acceptors (Lipinski definition) is 3. The Labute approximate surface area is 103 Å². The van der Waals surface area contributed by atoms with Crippen LogP contribution in [-0.2, 0) is 5.75 Å². The molecule has 1 aromatic rings. The summed E-state index contributed by atoms with van der Waals surface area (Å²) in [6.07, 6.45) is 3.99. The molecule has 0 radical (unpaired) electrons. The van der Waals surface area contributed by atoms with Gasteiger partial charge in [0.15, 0.2) is 0 Å². The summed E-state index contributed by atoms with van der Waals surface area (Å²) >= 11 is 1.83. The van der Waals surface area contributed by atoms with Crippen molar-refractivity contribution < 1.29 is 0 Å². The van der Waals surface area contributed by atoms with E-state index >= 15 is 0 Å². The molecular formula is C13H22N2S. The SMILES string of the molecule is CSCc1ccnc(NC(C)C(C)(C)C)c1. The van der Waals surface area contributed by atoms with Gasteiger partial charge in [0.1, 0.15) is 5.82 Å². The Morgan fingerprint density at radius 2 is 2.12 bits per heavy atom. The molecule has 0 bridgehead atoms. The van der Waals surface area contributed by atoms with Gasteiger partial charge >= 0.3 is 0 Å². The van der Waals surface area contributed by atoms with Gasteiger partial charge in [0, 0.05) is 18.0 Å². The number of hydrogen-bond donors (Lipinski definition) is 1. The fourth-order valence-electron chi connectivity index (χ4n) is 1.25. The summed E-state index contributed by atoms with van der Waals surface area (Å²) in [6, 6.07) is 4.62. The van der Waals surface area contributed by atoms with Crippen LogP contribution >= 0.6 is 11.8 Å². The van der Waals surface area contributed by atoms with Gasteiger partial charge in [0.05, 0.1) is 0 Å². The Morgan fingerprint density at radius 3 is 2.69 bits per heavy atom. The van der Waals surface area contributed by atoms with Gasteiger partial charge in [0.25, 0.3) is 0 Å². The number of pyridine rings is 1. The van der Waals surface area contributed by atoms with Crippen LogP contribution < -0.4 is 5.32 Å². The second kappa shape index (κ2) is 5.58. The molecule has 0 saturated heterocycles. The highest BCUT2D eigenvalue weighted by Gasteiger charge is 2.19. The molecule has 2 nitrogen and oxygen atoms in total. The first kappa shape index (κ1) is 13.4. The summed E-state index contributed by atoms with van der Waals surface area (Å²) in [4.78, 5) is 4.35. The Hall–Kier alpha value is -0.700. The Morgan fingerprint density at radius 1 is 1.44 bits per heavy atom. The maximum absolute atomic E-state index is 4.35. The maximum atomic E-state index is 4.35. The van der Waals surface area contributed by atoms with Crippen molar-refractivity contribution >= 4 is 17.6 Å². The third kappa shape index (κ3) is 4.05. The summed E-state index contributed by atoms with van der Waals surface area (Å²) in [5.41, 5.74) is 1.57. The average molecular weight is 238 g/mol. The predicted molar refractivity (Wildman–Crippen MR) is 74.0 cm³/mol. The zero-order valence-corrected chi connectivity index (χ0v) is 11.7. The topological polar surface area (TPSA) is 24.9 Å². The summed E-state index contributed by atoms with van der Waals surface area (Å²) in [6.45, 7) is 8.90. The minimum Gasteiger partial charge on any atom is -0.367 e. The van der Waals surface area contributed by atoms with Crippen molar-refractivity contribution in [3.8, 4) is 0 Å². The van der Waals surface area contributed by atoms with Crippen molar-refractivity contribution in [3.63, 3.8) is 0 Å². The molecule has 1 N–H and O–H groups in total. The van der Waals surface area contributed by atoms with E-state index in [0.29, 0.717) is 6.04 Å². The number of nitrogens with one attached hydrogen (secondary N) is 1. The van der Waals surface area contributed by atoms with Crippen LogP contribution in [0.5, 0.6) is 0 Å². The number of rotatable bonds is 4. The molecule has 0 spiro atoms. The molecule has 16 heavy (non-hydrogen) atoms. The highest BCUT2D eigenvalue weighted by molar-refractivity contribution is 7.97. The largest absolute Gasteiger partial charge is 0.367 e. The smallest absolute Gasteiger partial charge is 0.126 e. The van der Waals surface area contributed by atoms with E-state index in [1.807, 2.05) is 18.0 Å². The van der Waals surface area contributed by atoms with Crippen LogP contribution in [0.15, 0.2) is 18.3 Å². The normalized spacial score (nSPS) is 13.6. The Kier molecular flexibility index (Phi) is 4.66. The molecule has 0 aliphatic heterocycles. The van der Waals surface area contributed by atoms with Gasteiger partial charge < -0.3 is 5.32 Å². The summed E-state index contributed by atoms with van der Waals surface area (Å²) in [7, 11) is 0. The maximum Gasteiger partial charge on any atom is 0.126 e. The Balaban J connectivity index is 2.70. The van der Waals surface area contributed by atoms with E-state index in [4.69, 9.17) is 0 Å². The van der Waals surface area contributed by atoms with Crippen molar-refractivity contribution in [2.45, 2.75) is 39.5 Å². The van der Waals surface area contributed by atoms with Gasteiger partial charge in [-0.05, 0) is 36.3 Å². The van der Waals surface area contributed by atoms with Crippen LogP contribution in [-0.4, -0.2) is 17.3 Å². The summed E-state index contributed by atoms with van der Waals surface area (Å²) in [5, 5.41) is 3.46. The lowest BCUT2D eigenvalue weighted by Gasteiger charge is -2.28. The van der Waals surface area contributed by atoms with Gasteiger partial charge in [-0.1, -0.05) is 20.8 Å². The highest BCUT2D eigenvalue weighted by Crippen LogP contribution is 2.22. The van der Waals surface area contributed by atoms with E-state index in [2.05, 4.69) is 56.4 Å². The molecule has 90 valence electrons. The van der Waals surface area contributed by atoms with E-state index in [1.165, 1.54) is 5.56 Å². The number of thioether (sulfide) groups is 1. The van der Waals surface area contributed by atoms with Crippen molar-refractivity contribution in [2.75, 3.05) is 11.6 Å². The lowest BCUT2D eigenvalue weighted by Crippen LogP contribution is -2.31. The van der Waals surface area contributed by atoms with Crippen molar-refractivity contribution in [2.24, 2.45) is 5.41 Å². The van der Waals surface area contributed by atoms with Crippen molar-refractivity contribution in [1.29, 1.82) is 0 Å². The monoisotopic (exact) mass is 238 g/mol. The van der Waals surface area contributed by atoms with E-state index in [-0.39, 0.29) is 5.41 Å². The molecule has 3 heteroatoms. The lowest BCUT2D eigenvalue weighted by molar-refractivity contribution is 0.359. The molecule has 1 unspecified atom stereocenters. The van der Waals surface area contributed by atoms with Gasteiger partial charge in [-0.2, -0.15) is 11.8 Å². The van der Waals surface area contributed by atoms with Gasteiger partial charge in [-0.15, -0.1) is 0 Å². The quantitative estimate of drug-likeness (QED) is 0.864. The molecule has 0 saturated carbocycles. The van der Waals surface area contributed by atoms with Gasteiger partial charge in [0.2, 0.25) is 0 Å². The van der Waals surface area contributed by atoms with E-state index in [1.54, 1.807) is 0 Å². The first-order valence-electron chi connectivity index (χ1n) is 5.64. The zero-order valence-electron chi connectivity index (χ0n) is 10.9. The summed E-state index contributed by atoms with van der Waals surface area (Å²) < 4.78 is 0. The van der Waals surface area contributed by atoms with Crippen LogP contribution in [0.2, 0.25) is 0 Å². The number of aromatic nitrogens is 1. The molecule has 1 aromatic heterocycles. The van der Waals surface area contributed by atoms with Gasteiger partial charge in [-0.3, -0.25) is 0 Å². The second-order valence-corrected chi connectivity index (χ2v) is 6.08. The molecule has 0 amide bonds. The summed E-state index contributed by atoms with van der Waals surface area (Å²) in [5.74, 6) is 2.02. The molecule has 1 atom stereocenters. The third-order valence-corrected chi connectivity index (χ3v) is 3.42. The molecule has 0 aliphatic carbocycles. The van der Waals surface area contributed by atoms with E-state index < -0.39 is 0 Å². The first-order valence-corrected chi connectivity index (χ1v) is 7.03. The molecule has 0 aromatic carbocycles. The van der Waals surface area contributed by atoms with E-state index in [9.17, 15) is 0 Å². The fourth-order valence-corrected chi connectivity index (χ4v) is 1.76. The Bertz CT molecular complexity index is 331. The minimum absolute atomic E-state index is 0.247. The van der Waals surface area contributed by atoms with Crippen LogP contribution in [0.1, 0.15) is 33.3 Å². The zero-order chi connectivity index (χ0) is 12.2. The standard InChI is InChI=1S/C13H22N2S/c1-10(13(2,3)4)15-12-8-11(9-16-5)6-7-14-12/h6-8,10H,9H2,1-5H3,(H,14,15). The first-order chi connectivity index (χ1) is 7.43. The highest BCUT2D eigenvalue weighted by atomic mass is 32.2. The van der Waals surface area contributed by atoms with Crippen LogP contribution in [0.4, 0.5) is 5.82 Å². The van der Waals surface area contributed by atoms with Gasteiger partial charge in [-0.25, -0.2) is 4.98 Å². The fraction of sp³-hybridized carbons (Fsp3) is 0.615. The average Bonchev–Trinajstić information content (AvgIpc) is 2.17.